The minimum Gasteiger partial charge on any atom is -0.451 e. The van der Waals surface area contributed by atoms with Crippen LogP contribution in [0.25, 0.3) is 10.1 Å². The van der Waals surface area contributed by atoms with E-state index in [0.717, 1.165) is 16.9 Å². The van der Waals surface area contributed by atoms with Crippen LogP contribution in [0.1, 0.15) is 20.8 Å². The van der Waals surface area contributed by atoms with Crippen LogP contribution >= 0.6 is 46.1 Å². The summed E-state index contributed by atoms with van der Waals surface area (Å²) in [6.07, 6.45) is 0. The Morgan fingerprint density at radius 1 is 1.13 bits per heavy atom. The summed E-state index contributed by atoms with van der Waals surface area (Å²) >= 11 is 19.4. The molecule has 1 aromatic heterocycles. The minimum absolute atomic E-state index is 0.0190. The van der Waals surface area contributed by atoms with Crippen LogP contribution in [-0.4, -0.2) is 23.4 Å². The molecule has 0 radical (unpaired) electrons. The number of aryl methyl sites for hydroxylation is 2. The molecule has 0 atom stereocenters. The molecule has 0 fully saturated rings. The Balaban J connectivity index is 1.74. The number of nitro benzene ring substituents is 1. The zero-order chi connectivity index (χ0) is 22.2. The maximum Gasteiger partial charge on any atom is 0.350 e. The maximum atomic E-state index is 12.4. The number of halogens is 3. The van der Waals surface area contributed by atoms with E-state index in [1.165, 1.54) is 18.2 Å². The van der Waals surface area contributed by atoms with Gasteiger partial charge in [-0.25, -0.2) is 4.79 Å². The Bertz CT molecular complexity index is 1210. The van der Waals surface area contributed by atoms with Crippen LogP contribution in [0.4, 0.5) is 11.4 Å². The number of hydrogen-bond acceptors (Lipinski definition) is 6. The van der Waals surface area contributed by atoms with Crippen LogP contribution in [0.15, 0.2) is 24.3 Å². The van der Waals surface area contributed by atoms with E-state index in [1.54, 1.807) is 19.9 Å². The first-order valence-corrected chi connectivity index (χ1v) is 10.3. The average molecular weight is 488 g/mol. The summed E-state index contributed by atoms with van der Waals surface area (Å²) in [5, 5.41) is 14.9. The van der Waals surface area contributed by atoms with Gasteiger partial charge in [0.05, 0.1) is 15.0 Å². The van der Waals surface area contributed by atoms with E-state index in [0.29, 0.717) is 20.7 Å². The predicted molar refractivity (Wildman–Crippen MR) is 118 cm³/mol. The quantitative estimate of drug-likeness (QED) is 0.263. The molecule has 0 aliphatic heterocycles. The van der Waals surface area contributed by atoms with Crippen molar-refractivity contribution in [3.05, 3.63) is 65.5 Å². The SMILES string of the molecule is Cc1cc(NC(=O)COC(=O)c2sc3cc(Cl)cc(Cl)c3c2Cl)c([N+](=O)[O-])cc1C. The van der Waals surface area contributed by atoms with Crippen LogP contribution < -0.4 is 5.32 Å². The van der Waals surface area contributed by atoms with Crippen molar-refractivity contribution in [1.82, 2.24) is 0 Å². The van der Waals surface area contributed by atoms with Gasteiger partial charge in [-0.2, -0.15) is 0 Å². The third-order valence-corrected chi connectivity index (χ3v) is 6.38. The lowest BCUT2D eigenvalue weighted by atomic mass is 10.1. The highest BCUT2D eigenvalue weighted by Crippen LogP contribution is 2.41. The van der Waals surface area contributed by atoms with Crippen LogP contribution in [0.3, 0.4) is 0 Å². The van der Waals surface area contributed by atoms with Gasteiger partial charge in [0, 0.05) is 21.2 Å². The molecule has 3 aromatic rings. The molecule has 7 nitrogen and oxygen atoms in total. The number of anilines is 1. The largest absolute Gasteiger partial charge is 0.451 e. The monoisotopic (exact) mass is 486 g/mol. The first-order valence-electron chi connectivity index (χ1n) is 8.38. The van der Waals surface area contributed by atoms with Gasteiger partial charge in [0.2, 0.25) is 0 Å². The second kappa shape index (κ2) is 8.77. The number of carbonyl (C=O) groups is 2. The predicted octanol–water partition coefficient (Wildman–Crippen LogP) is 6.18. The number of nitrogens with one attached hydrogen (secondary N) is 1. The first-order chi connectivity index (χ1) is 14.1. The number of esters is 1. The molecular weight excluding hydrogens is 475 g/mol. The molecule has 3 rings (SSSR count). The molecule has 0 spiro atoms. The van der Waals surface area contributed by atoms with E-state index in [9.17, 15) is 19.7 Å². The zero-order valence-electron chi connectivity index (χ0n) is 15.5. The number of hydrogen-bond donors (Lipinski definition) is 1. The van der Waals surface area contributed by atoms with Crippen molar-refractivity contribution in [3.63, 3.8) is 0 Å². The third kappa shape index (κ3) is 4.52. The van der Waals surface area contributed by atoms with E-state index in [4.69, 9.17) is 39.5 Å². The Morgan fingerprint density at radius 3 is 2.47 bits per heavy atom. The van der Waals surface area contributed by atoms with E-state index in [2.05, 4.69) is 5.32 Å². The molecule has 156 valence electrons. The highest BCUT2D eigenvalue weighted by atomic mass is 35.5. The lowest BCUT2D eigenvalue weighted by molar-refractivity contribution is -0.384. The van der Waals surface area contributed by atoms with Crippen LogP contribution in [-0.2, 0) is 9.53 Å². The number of thiophene rings is 1. The molecule has 0 aliphatic carbocycles. The summed E-state index contributed by atoms with van der Waals surface area (Å²) in [6, 6.07) is 5.97. The fourth-order valence-electron chi connectivity index (χ4n) is 2.68. The first kappa shape index (κ1) is 22.3. The lowest BCUT2D eigenvalue weighted by Gasteiger charge is -2.09. The van der Waals surface area contributed by atoms with Gasteiger partial charge < -0.3 is 10.1 Å². The second-order valence-electron chi connectivity index (χ2n) is 6.34. The Labute approximate surface area is 189 Å². The molecular formula is C19H13Cl3N2O5S. The molecule has 1 amide bonds. The molecule has 2 aromatic carbocycles. The van der Waals surface area contributed by atoms with E-state index >= 15 is 0 Å². The van der Waals surface area contributed by atoms with Crippen molar-refractivity contribution in [3.8, 4) is 0 Å². The third-order valence-electron chi connectivity index (χ3n) is 4.25. The number of ether oxygens (including phenoxy) is 1. The standard InChI is InChI=1S/C19H13Cl3N2O5S/c1-8-3-12(13(24(27)28)4-9(8)2)23-15(25)7-29-19(26)18-17(22)16-11(21)5-10(20)6-14(16)30-18/h3-6H,7H2,1-2H3,(H,23,25). The van der Waals surface area contributed by atoms with Gasteiger partial charge in [0.15, 0.2) is 6.61 Å². The van der Waals surface area contributed by atoms with E-state index < -0.39 is 23.4 Å². The molecule has 0 saturated carbocycles. The summed E-state index contributed by atoms with van der Waals surface area (Å²) in [5.41, 5.74) is 1.24. The minimum atomic E-state index is -0.821. The molecule has 0 saturated heterocycles. The summed E-state index contributed by atoms with van der Waals surface area (Å²) in [5.74, 6) is -1.55. The fraction of sp³-hybridized carbons (Fsp3) is 0.158. The highest BCUT2D eigenvalue weighted by molar-refractivity contribution is 7.21. The van der Waals surface area contributed by atoms with Crippen LogP contribution in [0, 0.1) is 24.0 Å². The summed E-state index contributed by atoms with van der Waals surface area (Å²) in [7, 11) is 0. The average Bonchev–Trinajstić information content (AvgIpc) is 2.98. The maximum absolute atomic E-state index is 12.4. The van der Waals surface area contributed by atoms with Crippen molar-refractivity contribution < 1.29 is 19.2 Å². The number of fused-ring (bicyclic) bond motifs is 1. The van der Waals surface area contributed by atoms with Crippen LogP contribution in [0.2, 0.25) is 15.1 Å². The Morgan fingerprint density at radius 2 is 1.80 bits per heavy atom. The second-order valence-corrected chi connectivity index (χ2v) is 8.61. The highest BCUT2D eigenvalue weighted by Gasteiger charge is 2.23. The van der Waals surface area contributed by atoms with Gasteiger partial charge in [-0.1, -0.05) is 34.8 Å². The van der Waals surface area contributed by atoms with Gasteiger partial charge in [0.1, 0.15) is 10.6 Å². The number of amides is 1. The van der Waals surface area contributed by atoms with Gasteiger partial charge in [-0.15, -0.1) is 11.3 Å². The van der Waals surface area contributed by atoms with Crippen LogP contribution in [0.5, 0.6) is 0 Å². The van der Waals surface area contributed by atoms with Crippen molar-refractivity contribution in [2.75, 3.05) is 11.9 Å². The van der Waals surface area contributed by atoms with Crippen molar-refractivity contribution in [2.45, 2.75) is 13.8 Å². The summed E-state index contributed by atoms with van der Waals surface area (Å²) < 4.78 is 5.62. The normalized spacial score (nSPS) is 10.8. The zero-order valence-corrected chi connectivity index (χ0v) is 18.6. The Hall–Kier alpha value is -2.39. The molecule has 1 N–H and O–H groups in total. The number of nitro groups is 1. The fourth-order valence-corrected chi connectivity index (χ4v) is 4.94. The molecule has 30 heavy (non-hydrogen) atoms. The smallest absolute Gasteiger partial charge is 0.350 e. The van der Waals surface area contributed by atoms with Gasteiger partial charge in [-0.3, -0.25) is 14.9 Å². The van der Waals surface area contributed by atoms with E-state index in [1.807, 2.05) is 0 Å². The molecule has 11 heteroatoms. The molecule has 0 aliphatic rings. The summed E-state index contributed by atoms with van der Waals surface area (Å²) in [6.45, 7) is 2.83. The lowest BCUT2D eigenvalue weighted by Crippen LogP contribution is -2.21. The molecule has 1 heterocycles. The summed E-state index contributed by atoms with van der Waals surface area (Å²) in [4.78, 5) is 35.3. The molecule has 0 unspecified atom stereocenters. The Kier molecular flexibility index (Phi) is 6.52. The van der Waals surface area contributed by atoms with Gasteiger partial charge >= 0.3 is 5.97 Å². The topological polar surface area (TPSA) is 98.5 Å². The van der Waals surface area contributed by atoms with Crippen molar-refractivity contribution >= 4 is 79.5 Å². The van der Waals surface area contributed by atoms with Crippen molar-refractivity contribution in [2.24, 2.45) is 0 Å². The number of rotatable bonds is 5. The molecule has 0 bridgehead atoms. The van der Waals surface area contributed by atoms with E-state index in [-0.39, 0.29) is 26.3 Å². The number of nitrogens with zero attached hydrogens (tertiary/aromatic N) is 1. The van der Waals surface area contributed by atoms with Gasteiger partial charge in [0.25, 0.3) is 11.6 Å². The van der Waals surface area contributed by atoms with Crippen molar-refractivity contribution in [1.29, 1.82) is 0 Å². The number of benzene rings is 2. The number of carbonyl (C=O) groups excluding carboxylic acids is 2. The van der Waals surface area contributed by atoms with Gasteiger partial charge in [-0.05, 0) is 43.2 Å².